The normalized spacial score (nSPS) is 12.2. The highest BCUT2D eigenvalue weighted by Crippen LogP contribution is 2.10. The highest BCUT2D eigenvalue weighted by atomic mass is 35.5. The lowest BCUT2D eigenvalue weighted by atomic mass is 10.1. The monoisotopic (exact) mass is 189 g/mol. The second-order valence-corrected chi connectivity index (χ2v) is 3.50. The van der Waals surface area contributed by atoms with Gasteiger partial charge in [0.15, 0.2) is 0 Å². The van der Waals surface area contributed by atoms with Crippen molar-refractivity contribution in [3.8, 4) is 0 Å². The number of aliphatic imine (C=N–C) groups is 1. The van der Waals surface area contributed by atoms with Crippen molar-refractivity contribution in [2.75, 3.05) is 6.54 Å². The first-order valence-electron chi connectivity index (χ1n) is 4.49. The molecule has 0 aliphatic heterocycles. The van der Waals surface area contributed by atoms with Crippen LogP contribution in [0.4, 0.5) is 0 Å². The van der Waals surface area contributed by atoms with Crippen LogP contribution >= 0.6 is 11.6 Å². The van der Waals surface area contributed by atoms with Crippen LogP contribution in [0.2, 0.25) is 0 Å². The highest BCUT2D eigenvalue weighted by Gasteiger charge is 2.01. The lowest BCUT2D eigenvalue weighted by molar-refractivity contribution is 0.560. The molecule has 0 rings (SSSR count). The first kappa shape index (κ1) is 11.7. The van der Waals surface area contributed by atoms with Crippen LogP contribution in [-0.2, 0) is 4.79 Å². The Balaban J connectivity index is 3.18. The zero-order valence-corrected chi connectivity index (χ0v) is 8.31. The Hall–Kier alpha value is -0.330. The van der Waals surface area contributed by atoms with Crippen molar-refractivity contribution in [3.63, 3.8) is 0 Å². The van der Waals surface area contributed by atoms with Gasteiger partial charge in [-0.05, 0) is 6.42 Å². The fourth-order valence-corrected chi connectivity index (χ4v) is 1.24. The molecule has 0 radical (unpaired) electrons. The number of rotatable bonds is 7. The molecule has 0 aromatic rings. The van der Waals surface area contributed by atoms with E-state index in [1.807, 2.05) is 0 Å². The maximum absolute atomic E-state index is 9.74. The molecule has 0 aromatic heterocycles. The zero-order chi connectivity index (χ0) is 9.23. The van der Waals surface area contributed by atoms with Crippen molar-refractivity contribution in [1.29, 1.82) is 0 Å². The summed E-state index contributed by atoms with van der Waals surface area (Å²) < 4.78 is 0. The van der Waals surface area contributed by atoms with Crippen LogP contribution in [0.3, 0.4) is 0 Å². The van der Waals surface area contributed by atoms with Crippen molar-refractivity contribution in [3.05, 3.63) is 0 Å². The fraction of sp³-hybridized carbons (Fsp3) is 0.889. The standard InChI is InChI=1S/C9H16ClNO/c1-2-3-4-5-6-9(10)7-11-8-12/h9H,2-7H2,1H3. The van der Waals surface area contributed by atoms with Crippen LogP contribution in [0, 0.1) is 0 Å². The molecule has 12 heavy (non-hydrogen) atoms. The average Bonchev–Trinajstić information content (AvgIpc) is 2.09. The zero-order valence-electron chi connectivity index (χ0n) is 7.55. The van der Waals surface area contributed by atoms with Gasteiger partial charge in [-0.3, -0.25) is 0 Å². The lowest BCUT2D eigenvalue weighted by Crippen LogP contribution is -2.02. The summed E-state index contributed by atoms with van der Waals surface area (Å²) in [5, 5.41) is 0.0170. The minimum atomic E-state index is 0.0170. The third kappa shape index (κ3) is 7.77. The summed E-state index contributed by atoms with van der Waals surface area (Å²) in [6.45, 7) is 2.59. The summed E-state index contributed by atoms with van der Waals surface area (Å²) in [4.78, 5) is 13.2. The first-order valence-corrected chi connectivity index (χ1v) is 4.92. The van der Waals surface area contributed by atoms with Crippen LogP contribution in [0.15, 0.2) is 4.99 Å². The molecule has 0 fully saturated rings. The molecule has 0 saturated heterocycles. The lowest BCUT2D eigenvalue weighted by Gasteiger charge is -2.03. The summed E-state index contributed by atoms with van der Waals surface area (Å²) in [7, 11) is 0. The number of halogens is 1. The maximum atomic E-state index is 9.74. The largest absolute Gasteiger partial charge is 0.234 e. The highest BCUT2D eigenvalue weighted by molar-refractivity contribution is 6.20. The van der Waals surface area contributed by atoms with E-state index in [4.69, 9.17) is 11.6 Å². The molecule has 0 aliphatic rings. The number of nitrogens with zero attached hydrogens (tertiary/aromatic N) is 1. The Kier molecular flexibility index (Phi) is 8.52. The van der Waals surface area contributed by atoms with Gasteiger partial charge in [0.05, 0.1) is 11.9 Å². The van der Waals surface area contributed by atoms with Crippen LogP contribution in [0.1, 0.15) is 39.0 Å². The molecular formula is C9H16ClNO. The molecule has 0 amide bonds. The third-order valence-electron chi connectivity index (χ3n) is 1.72. The molecule has 1 unspecified atom stereocenters. The Bertz CT molecular complexity index is 143. The summed E-state index contributed by atoms with van der Waals surface area (Å²) in [5.41, 5.74) is 0. The molecule has 0 saturated carbocycles. The molecular weight excluding hydrogens is 174 g/mol. The van der Waals surface area contributed by atoms with E-state index < -0.39 is 0 Å². The number of unbranched alkanes of at least 4 members (excludes halogenated alkanes) is 3. The number of alkyl halides is 1. The van der Waals surface area contributed by atoms with Gasteiger partial charge >= 0.3 is 0 Å². The quantitative estimate of drug-likeness (QED) is 0.262. The summed E-state index contributed by atoms with van der Waals surface area (Å²) in [6, 6.07) is 0. The summed E-state index contributed by atoms with van der Waals surface area (Å²) >= 11 is 5.87. The van der Waals surface area contributed by atoms with Gasteiger partial charge in [-0.25, -0.2) is 9.79 Å². The van der Waals surface area contributed by atoms with E-state index in [1.165, 1.54) is 25.3 Å². The van der Waals surface area contributed by atoms with Gasteiger partial charge in [-0.1, -0.05) is 32.6 Å². The average molecular weight is 190 g/mol. The van der Waals surface area contributed by atoms with Crippen molar-refractivity contribution in [1.82, 2.24) is 0 Å². The van der Waals surface area contributed by atoms with Crippen LogP contribution in [-0.4, -0.2) is 18.0 Å². The second kappa shape index (κ2) is 8.76. The molecule has 0 bridgehead atoms. The van der Waals surface area contributed by atoms with Gasteiger partial charge in [0.25, 0.3) is 0 Å². The molecule has 0 N–H and O–H groups in total. The second-order valence-electron chi connectivity index (χ2n) is 2.88. The summed E-state index contributed by atoms with van der Waals surface area (Å²) in [5.74, 6) is 0. The number of hydrogen-bond acceptors (Lipinski definition) is 2. The molecule has 0 aliphatic carbocycles. The number of hydrogen-bond donors (Lipinski definition) is 0. The van der Waals surface area contributed by atoms with Gasteiger partial charge in [-0.15, -0.1) is 11.6 Å². The predicted octanol–water partition coefficient (Wildman–Crippen LogP) is 2.90. The predicted molar refractivity (Wildman–Crippen MR) is 51.4 cm³/mol. The number of isocyanates is 1. The van der Waals surface area contributed by atoms with E-state index in [9.17, 15) is 4.79 Å². The Morgan fingerprint density at radius 2 is 2.17 bits per heavy atom. The van der Waals surface area contributed by atoms with Gasteiger partial charge in [-0.2, -0.15) is 0 Å². The van der Waals surface area contributed by atoms with Gasteiger partial charge in [0, 0.05) is 0 Å². The van der Waals surface area contributed by atoms with Crippen molar-refractivity contribution in [2.45, 2.75) is 44.4 Å². The van der Waals surface area contributed by atoms with Crippen LogP contribution in [0.5, 0.6) is 0 Å². The SMILES string of the molecule is CCCCCCC(Cl)CN=C=O. The molecule has 1 atom stereocenters. The minimum absolute atomic E-state index is 0.0170. The summed E-state index contributed by atoms with van der Waals surface area (Å²) in [6.07, 6.45) is 7.30. The van der Waals surface area contributed by atoms with Crippen LogP contribution in [0.25, 0.3) is 0 Å². The minimum Gasteiger partial charge on any atom is -0.211 e. The topological polar surface area (TPSA) is 29.4 Å². The molecule has 2 nitrogen and oxygen atoms in total. The smallest absolute Gasteiger partial charge is 0.211 e. The fourth-order valence-electron chi connectivity index (χ4n) is 1.02. The molecule has 0 aromatic carbocycles. The van der Waals surface area contributed by atoms with Gasteiger partial charge < -0.3 is 0 Å². The molecule has 0 heterocycles. The molecule has 3 heteroatoms. The van der Waals surface area contributed by atoms with E-state index in [0.717, 1.165) is 12.8 Å². The Morgan fingerprint density at radius 3 is 2.75 bits per heavy atom. The third-order valence-corrected chi connectivity index (χ3v) is 2.08. The van der Waals surface area contributed by atoms with Gasteiger partial charge in [0.1, 0.15) is 0 Å². The first-order chi connectivity index (χ1) is 5.81. The van der Waals surface area contributed by atoms with Crippen molar-refractivity contribution >= 4 is 17.7 Å². The maximum Gasteiger partial charge on any atom is 0.234 e. The van der Waals surface area contributed by atoms with Crippen molar-refractivity contribution in [2.24, 2.45) is 4.99 Å². The Morgan fingerprint density at radius 1 is 1.42 bits per heavy atom. The molecule has 0 spiro atoms. The van der Waals surface area contributed by atoms with Crippen molar-refractivity contribution < 1.29 is 4.79 Å². The van der Waals surface area contributed by atoms with Crippen LogP contribution < -0.4 is 0 Å². The van der Waals surface area contributed by atoms with E-state index in [0.29, 0.717) is 6.54 Å². The van der Waals surface area contributed by atoms with E-state index in [1.54, 1.807) is 0 Å². The Labute approximate surface area is 79.0 Å². The van der Waals surface area contributed by atoms with E-state index >= 15 is 0 Å². The van der Waals surface area contributed by atoms with E-state index in [-0.39, 0.29) is 5.38 Å². The molecule has 70 valence electrons. The van der Waals surface area contributed by atoms with Gasteiger partial charge in [0.2, 0.25) is 6.08 Å². The number of carbonyl (C=O) groups excluding carboxylic acids is 1. The van der Waals surface area contributed by atoms with E-state index in [2.05, 4.69) is 11.9 Å².